The fraction of sp³-hybridized carbons (Fsp3) is 0.308. The molecule has 3 aromatic carbocycles. The van der Waals surface area contributed by atoms with E-state index in [0.29, 0.717) is 11.5 Å². The van der Waals surface area contributed by atoms with E-state index in [4.69, 9.17) is 9.47 Å². The molecule has 1 N–H and O–H groups in total. The Kier molecular flexibility index (Phi) is 7.71. The van der Waals surface area contributed by atoms with Crippen molar-refractivity contribution in [3.05, 3.63) is 72.3 Å². The number of nitrogens with zero attached hydrogens (tertiary/aromatic N) is 1. The molecule has 0 bridgehead atoms. The van der Waals surface area contributed by atoms with Crippen LogP contribution >= 0.6 is 0 Å². The highest BCUT2D eigenvalue weighted by Gasteiger charge is 2.27. The number of nitrogens with one attached hydrogen (secondary N) is 1. The monoisotopic (exact) mass is 434 g/mol. The molecule has 0 aliphatic rings. The SMILES string of the molecule is COc1cccc(CN(C(=O)COc2cccc3ccccc23)[C@@H](C)C(=O)NC(C)C)c1. The molecule has 0 fully saturated rings. The number of fused-ring (bicyclic) bond motifs is 1. The predicted octanol–water partition coefficient (Wildman–Crippen LogP) is 4.17. The molecule has 0 heterocycles. The molecular formula is C26H30N2O4. The molecule has 0 aromatic heterocycles. The Morgan fingerprint density at radius 3 is 2.44 bits per heavy atom. The van der Waals surface area contributed by atoms with Crippen molar-refractivity contribution in [1.29, 1.82) is 0 Å². The van der Waals surface area contributed by atoms with Crippen molar-refractivity contribution in [2.45, 2.75) is 39.4 Å². The second kappa shape index (κ2) is 10.7. The number of ether oxygens (including phenoxy) is 2. The van der Waals surface area contributed by atoms with Gasteiger partial charge in [0.15, 0.2) is 6.61 Å². The maximum Gasteiger partial charge on any atom is 0.261 e. The third-order valence-corrected chi connectivity index (χ3v) is 5.19. The molecule has 6 nitrogen and oxygen atoms in total. The van der Waals surface area contributed by atoms with Crippen LogP contribution in [0.1, 0.15) is 26.3 Å². The average molecular weight is 435 g/mol. The van der Waals surface area contributed by atoms with Crippen LogP contribution < -0.4 is 14.8 Å². The highest BCUT2D eigenvalue weighted by molar-refractivity contribution is 5.90. The quantitative estimate of drug-likeness (QED) is 0.549. The van der Waals surface area contributed by atoms with Gasteiger partial charge in [0.1, 0.15) is 17.5 Å². The van der Waals surface area contributed by atoms with Crippen LogP contribution in [0.3, 0.4) is 0 Å². The topological polar surface area (TPSA) is 67.9 Å². The smallest absolute Gasteiger partial charge is 0.261 e. The Bertz CT molecular complexity index is 1070. The summed E-state index contributed by atoms with van der Waals surface area (Å²) in [5, 5.41) is 4.86. The second-order valence-corrected chi connectivity index (χ2v) is 7.98. The molecule has 0 saturated carbocycles. The number of hydrogen-bond acceptors (Lipinski definition) is 4. The van der Waals surface area contributed by atoms with E-state index < -0.39 is 6.04 Å². The normalized spacial score (nSPS) is 11.8. The lowest BCUT2D eigenvalue weighted by atomic mass is 10.1. The van der Waals surface area contributed by atoms with Gasteiger partial charge in [-0.2, -0.15) is 0 Å². The molecule has 3 rings (SSSR count). The fourth-order valence-corrected chi connectivity index (χ4v) is 3.50. The van der Waals surface area contributed by atoms with Gasteiger partial charge in [0.2, 0.25) is 5.91 Å². The van der Waals surface area contributed by atoms with Crippen molar-refractivity contribution in [2.75, 3.05) is 13.7 Å². The minimum atomic E-state index is -0.660. The van der Waals surface area contributed by atoms with Crippen molar-refractivity contribution in [1.82, 2.24) is 10.2 Å². The van der Waals surface area contributed by atoms with E-state index in [1.54, 1.807) is 14.0 Å². The first kappa shape index (κ1) is 23.1. The summed E-state index contributed by atoms with van der Waals surface area (Å²) in [4.78, 5) is 27.5. The van der Waals surface area contributed by atoms with Crippen molar-refractivity contribution in [3.8, 4) is 11.5 Å². The lowest BCUT2D eigenvalue weighted by molar-refractivity contribution is -0.142. The van der Waals surface area contributed by atoms with E-state index in [-0.39, 0.29) is 31.0 Å². The summed E-state index contributed by atoms with van der Waals surface area (Å²) in [6.45, 7) is 5.61. The van der Waals surface area contributed by atoms with Gasteiger partial charge < -0.3 is 19.7 Å². The molecule has 1 atom stereocenters. The number of benzene rings is 3. The van der Waals surface area contributed by atoms with Crippen molar-refractivity contribution in [2.24, 2.45) is 0 Å². The summed E-state index contributed by atoms with van der Waals surface area (Å²) in [6, 6.07) is 20.4. The van der Waals surface area contributed by atoms with Crippen molar-refractivity contribution in [3.63, 3.8) is 0 Å². The second-order valence-electron chi connectivity index (χ2n) is 7.98. The predicted molar refractivity (Wildman–Crippen MR) is 126 cm³/mol. The van der Waals surface area contributed by atoms with Crippen LogP contribution in [0.4, 0.5) is 0 Å². The third kappa shape index (κ3) is 5.78. The molecule has 0 aliphatic carbocycles. The van der Waals surface area contributed by atoms with Crippen molar-refractivity contribution >= 4 is 22.6 Å². The molecule has 0 unspecified atom stereocenters. The molecule has 0 radical (unpaired) electrons. The number of rotatable bonds is 9. The molecule has 32 heavy (non-hydrogen) atoms. The van der Waals surface area contributed by atoms with Gasteiger partial charge in [0, 0.05) is 18.0 Å². The van der Waals surface area contributed by atoms with Crippen LogP contribution in [0.15, 0.2) is 66.7 Å². The Labute approximate surface area is 189 Å². The van der Waals surface area contributed by atoms with E-state index in [1.807, 2.05) is 80.6 Å². The summed E-state index contributed by atoms with van der Waals surface area (Å²) >= 11 is 0. The molecule has 0 saturated heterocycles. The number of amides is 2. The van der Waals surface area contributed by atoms with E-state index >= 15 is 0 Å². The number of carbonyl (C=O) groups is 2. The first-order chi connectivity index (χ1) is 15.4. The summed E-state index contributed by atoms with van der Waals surface area (Å²) in [7, 11) is 1.60. The third-order valence-electron chi connectivity index (χ3n) is 5.19. The molecule has 168 valence electrons. The first-order valence-electron chi connectivity index (χ1n) is 10.7. The standard InChI is InChI=1S/C26H30N2O4/c1-18(2)27-26(30)19(3)28(16-20-9-7-12-22(15-20)31-4)25(29)17-32-24-14-8-11-21-10-5-6-13-23(21)24/h5-15,18-19H,16-17H2,1-4H3,(H,27,30)/t19-/m0/s1. The number of methoxy groups -OCH3 is 1. The van der Waals surface area contributed by atoms with Crippen LogP contribution in [-0.2, 0) is 16.1 Å². The molecule has 0 spiro atoms. The van der Waals surface area contributed by atoms with Gasteiger partial charge >= 0.3 is 0 Å². The van der Waals surface area contributed by atoms with Gasteiger partial charge in [-0.25, -0.2) is 0 Å². The maximum atomic E-state index is 13.2. The lowest BCUT2D eigenvalue weighted by Gasteiger charge is -2.29. The van der Waals surface area contributed by atoms with Crippen LogP contribution in [0, 0.1) is 0 Å². The molecule has 6 heteroatoms. The Balaban J connectivity index is 1.80. The number of carbonyl (C=O) groups excluding carboxylic acids is 2. The van der Waals surface area contributed by atoms with Gasteiger partial charge in [0.25, 0.3) is 5.91 Å². The van der Waals surface area contributed by atoms with Gasteiger partial charge in [-0.3, -0.25) is 9.59 Å². The Morgan fingerprint density at radius 2 is 1.69 bits per heavy atom. The van der Waals surface area contributed by atoms with Crippen LogP contribution in [0.2, 0.25) is 0 Å². The zero-order valence-corrected chi connectivity index (χ0v) is 19.0. The first-order valence-corrected chi connectivity index (χ1v) is 10.7. The summed E-state index contributed by atoms with van der Waals surface area (Å²) in [5.41, 5.74) is 0.868. The van der Waals surface area contributed by atoms with Crippen LogP contribution in [0.25, 0.3) is 10.8 Å². The van der Waals surface area contributed by atoms with E-state index in [0.717, 1.165) is 16.3 Å². The number of hydrogen-bond donors (Lipinski definition) is 1. The van der Waals surface area contributed by atoms with Crippen molar-refractivity contribution < 1.29 is 19.1 Å². The minimum absolute atomic E-state index is 0.0225. The van der Waals surface area contributed by atoms with Gasteiger partial charge in [0.05, 0.1) is 7.11 Å². The van der Waals surface area contributed by atoms with E-state index in [2.05, 4.69) is 5.32 Å². The molecule has 0 aliphatic heterocycles. The van der Waals surface area contributed by atoms with Gasteiger partial charge in [-0.1, -0.05) is 48.5 Å². The molecule has 2 amide bonds. The van der Waals surface area contributed by atoms with E-state index in [9.17, 15) is 9.59 Å². The summed E-state index contributed by atoms with van der Waals surface area (Å²) in [6.07, 6.45) is 0. The zero-order valence-electron chi connectivity index (χ0n) is 19.0. The summed E-state index contributed by atoms with van der Waals surface area (Å²) in [5.74, 6) is 0.854. The van der Waals surface area contributed by atoms with Crippen LogP contribution in [0.5, 0.6) is 11.5 Å². The van der Waals surface area contributed by atoms with Crippen LogP contribution in [-0.4, -0.2) is 42.5 Å². The zero-order chi connectivity index (χ0) is 23.1. The largest absolute Gasteiger partial charge is 0.497 e. The van der Waals surface area contributed by atoms with Gasteiger partial charge in [-0.15, -0.1) is 0 Å². The van der Waals surface area contributed by atoms with E-state index in [1.165, 1.54) is 4.90 Å². The highest BCUT2D eigenvalue weighted by atomic mass is 16.5. The highest BCUT2D eigenvalue weighted by Crippen LogP contribution is 2.25. The lowest BCUT2D eigenvalue weighted by Crippen LogP contribution is -2.50. The van der Waals surface area contributed by atoms with Gasteiger partial charge in [-0.05, 0) is 49.9 Å². The molecule has 3 aromatic rings. The Hall–Kier alpha value is -3.54. The fourth-order valence-electron chi connectivity index (χ4n) is 3.50. The summed E-state index contributed by atoms with van der Waals surface area (Å²) < 4.78 is 11.2. The minimum Gasteiger partial charge on any atom is -0.497 e. The maximum absolute atomic E-state index is 13.2. The molecular weight excluding hydrogens is 404 g/mol. The average Bonchev–Trinajstić information content (AvgIpc) is 2.80. The Morgan fingerprint density at radius 1 is 0.969 bits per heavy atom.